The predicted octanol–water partition coefficient (Wildman–Crippen LogP) is 4.05. The van der Waals surface area contributed by atoms with Crippen molar-refractivity contribution in [2.75, 3.05) is 10.0 Å². The summed E-state index contributed by atoms with van der Waals surface area (Å²) >= 11 is 1.30. The smallest absolute Gasteiger partial charge is 0.273 e. The summed E-state index contributed by atoms with van der Waals surface area (Å²) in [7, 11) is -3.88. The molecule has 0 aliphatic heterocycles. The molecule has 0 aliphatic carbocycles. The first-order valence-corrected chi connectivity index (χ1v) is 12.2. The zero-order valence-electron chi connectivity index (χ0n) is 17.2. The van der Waals surface area contributed by atoms with Gasteiger partial charge in [-0.2, -0.15) is 0 Å². The van der Waals surface area contributed by atoms with Crippen LogP contribution in [0.3, 0.4) is 0 Å². The third kappa shape index (κ3) is 4.36. The van der Waals surface area contributed by atoms with Gasteiger partial charge in [0, 0.05) is 35.2 Å². The van der Waals surface area contributed by atoms with Crippen LogP contribution in [0.2, 0.25) is 0 Å². The van der Waals surface area contributed by atoms with E-state index in [1.54, 1.807) is 34.2 Å². The van der Waals surface area contributed by atoms with Crippen LogP contribution >= 0.6 is 11.3 Å². The Labute approximate surface area is 197 Å². The normalized spacial score (nSPS) is 11.4. The van der Waals surface area contributed by atoms with Gasteiger partial charge in [0.25, 0.3) is 15.9 Å². The molecule has 0 saturated carbocycles. The van der Waals surface area contributed by atoms with Crippen molar-refractivity contribution < 1.29 is 17.6 Å². The molecule has 12 heteroatoms. The van der Waals surface area contributed by atoms with E-state index in [4.69, 9.17) is 0 Å². The summed E-state index contributed by atoms with van der Waals surface area (Å²) in [4.78, 5) is 25.6. The van der Waals surface area contributed by atoms with Gasteiger partial charge < -0.3 is 5.32 Å². The van der Waals surface area contributed by atoms with E-state index in [1.807, 2.05) is 0 Å². The fraction of sp³-hybridized carbons (Fsp3) is 0. The van der Waals surface area contributed by atoms with Crippen molar-refractivity contribution in [2.24, 2.45) is 0 Å². The van der Waals surface area contributed by atoms with Crippen molar-refractivity contribution in [1.29, 1.82) is 0 Å². The van der Waals surface area contributed by atoms with Crippen LogP contribution in [-0.2, 0) is 10.0 Å². The number of imidazole rings is 1. The van der Waals surface area contributed by atoms with Crippen molar-refractivity contribution in [2.45, 2.75) is 4.90 Å². The highest BCUT2D eigenvalue weighted by atomic mass is 32.2. The van der Waals surface area contributed by atoms with Gasteiger partial charge in [0.15, 0.2) is 4.96 Å². The fourth-order valence-corrected chi connectivity index (χ4v) is 4.96. The Morgan fingerprint density at radius 2 is 1.71 bits per heavy atom. The Morgan fingerprint density at radius 3 is 2.41 bits per heavy atom. The molecule has 5 rings (SSSR count). The molecular formula is C22H15FN6O3S2. The van der Waals surface area contributed by atoms with Gasteiger partial charge >= 0.3 is 0 Å². The summed E-state index contributed by atoms with van der Waals surface area (Å²) in [5, 5.41) is 4.43. The molecule has 0 aliphatic rings. The fourth-order valence-electron chi connectivity index (χ4n) is 3.15. The highest BCUT2D eigenvalue weighted by Crippen LogP contribution is 2.25. The molecule has 0 fully saturated rings. The summed E-state index contributed by atoms with van der Waals surface area (Å²) in [5.74, 6) is -0.768. The Bertz CT molecular complexity index is 1580. The van der Waals surface area contributed by atoms with E-state index < -0.39 is 10.0 Å². The van der Waals surface area contributed by atoms with E-state index in [2.05, 4.69) is 25.0 Å². The maximum atomic E-state index is 13.2. The zero-order valence-corrected chi connectivity index (χ0v) is 18.8. The van der Waals surface area contributed by atoms with E-state index in [0.29, 0.717) is 22.0 Å². The Balaban J connectivity index is 1.33. The van der Waals surface area contributed by atoms with Crippen LogP contribution in [0.25, 0.3) is 16.2 Å². The second kappa shape index (κ2) is 8.65. The molecule has 0 unspecified atom stereocenters. The first-order chi connectivity index (χ1) is 16.4. The van der Waals surface area contributed by atoms with Crippen LogP contribution in [-0.4, -0.2) is 33.7 Å². The van der Waals surface area contributed by atoms with Crippen LogP contribution in [0, 0.1) is 5.82 Å². The van der Waals surface area contributed by atoms with Crippen LogP contribution in [0.1, 0.15) is 10.5 Å². The van der Waals surface area contributed by atoms with Crippen LogP contribution in [0.4, 0.5) is 16.0 Å². The molecule has 0 spiro atoms. The lowest BCUT2D eigenvalue weighted by Gasteiger charge is -2.08. The summed E-state index contributed by atoms with van der Waals surface area (Å²) in [5.41, 5.74) is 2.12. The Morgan fingerprint density at radius 1 is 1.00 bits per heavy atom. The van der Waals surface area contributed by atoms with Crippen molar-refractivity contribution in [3.05, 3.63) is 90.1 Å². The monoisotopic (exact) mass is 494 g/mol. The molecule has 0 saturated heterocycles. The highest BCUT2D eigenvalue weighted by Gasteiger charge is 2.18. The van der Waals surface area contributed by atoms with E-state index in [9.17, 15) is 17.6 Å². The number of anilines is 2. The number of hydrogen-bond donors (Lipinski definition) is 2. The molecule has 0 bridgehead atoms. The number of nitrogens with one attached hydrogen (secondary N) is 2. The zero-order chi connectivity index (χ0) is 23.7. The average Bonchev–Trinajstić information content (AvgIpc) is 3.41. The molecule has 2 aromatic carbocycles. The third-order valence-corrected chi connectivity index (χ3v) is 6.98. The first kappa shape index (κ1) is 21.7. The quantitative estimate of drug-likeness (QED) is 0.368. The lowest BCUT2D eigenvalue weighted by Crippen LogP contribution is -2.16. The molecule has 5 aromatic rings. The maximum absolute atomic E-state index is 13.2. The number of benzene rings is 2. The van der Waals surface area contributed by atoms with Crippen LogP contribution in [0.15, 0.2) is 83.5 Å². The number of carbonyl (C=O) groups is 1. The molecule has 1 amide bonds. The van der Waals surface area contributed by atoms with Crippen molar-refractivity contribution in [3.63, 3.8) is 0 Å². The lowest BCUT2D eigenvalue weighted by molar-refractivity contribution is 0.102. The number of aromatic nitrogens is 4. The molecule has 2 N–H and O–H groups in total. The van der Waals surface area contributed by atoms with Gasteiger partial charge in [0.2, 0.25) is 5.95 Å². The molecule has 34 heavy (non-hydrogen) atoms. The van der Waals surface area contributed by atoms with Gasteiger partial charge in [-0.05, 0) is 54.6 Å². The number of rotatable bonds is 6. The van der Waals surface area contributed by atoms with Crippen molar-refractivity contribution >= 4 is 43.9 Å². The average molecular weight is 495 g/mol. The van der Waals surface area contributed by atoms with Gasteiger partial charge in [-0.25, -0.2) is 32.5 Å². The second-order valence-corrected chi connectivity index (χ2v) is 9.58. The lowest BCUT2D eigenvalue weighted by atomic mass is 10.2. The predicted molar refractivity (Wildman–Crippen MR) is 126 cm³/mol. The molecule has 170 valence electrons. The highest BCUT2D eigenvalue weighted by molar-refractivity contribution is 7.92. The first-order valence-electron chi connectivity index (χ1n) is 9.83. The van der Waals surface area contributed by atoms with Gasteiger partial charge in [0.05, 0.1) is 10.6 Å². The minimum absolute atomic E-state index is 0.00516. The van der Waals surface area contributed by atoms with E-state index >= 15 is 0 Å². The van der Waals surface area contributed by atoms with Crippen LogP contribution < -0.4 is 10.0 Å². The Kier molecular flexibility index (Phi) is 5.51. The van der Waals surface area contributed by atoms with Gasteiger partial charge in [-0.15, -0.1) is 11.3 Å². The minimum Gasteiger partial charge on any atom is -0.321 e. The molecule has 0 atom stereocenters. The van der Waals surface area contributed by atoms with Crippen LogP contribution in [0.5, 0.6) is 0 Å². The number of halogens is 1. The summed E-state index contributed by atoms with van der Waals surface area (Å²) in [6, 6.07) is 13.2. The van der Waals surface area contributed by atoms with E-state index in [-0.39, 0.29) is 22.6 Å². The number of amides is 1. The number of hydrogen-bond acceptors (Lipinski definition) is 7. The van der Waals surface area contributed by atoms with E-state index in [0.717, 1.165) is 5.56 Å². The van der Waals surface area contributed by atoms with Gasteiger partial charge in [0.1, 0.15) is 11.5 Å². The number of sulfonamides is 1. The van der Waals surface area contributed by atoms with Crippen molar-refractivity contribution in [3.8, 4) is 11.3 Å². The number of fused-ring (bicyclic) bond motifs is 1. The minimum atomic E-state index is -3.88. The number of nitrogens with zero attached hydrogens (tertiary/aromatic N) is 4. The number of carbonyl (C=O) groups excluding carboxylic acids is 1. The third-order valence-electron chi connectivity index (χ3n) is 4.80. The van der Waals surface area contributed by atoms with Gasteiger partial charge in [-0.1, -0.05) is 0 Å². The molecule has 3 heterocycles. The largest absolute Gasteiger partial charge is 0.321 e. The Hall–Kier alpha value is -4.16. The number of thiazole rings is 1. The van der Waals surface area contributed by atoms with E-state index in [1.165, 1.54) is 60.1 Å². The molecule has 3 aromatic heterocycles. The molecular weight excluding hydrogens is 479 g/mol. The summed E-state index contributed by atoms with van der Waals surface area (Å²) in [6.07, 6.45) is 4.56. The maximum Gasteiger partial charge on any atom is 0.273 e. The van der Waals surface area contributed by atoms with Gasteiger partial charge in [-0.3, -0.25) is 9.20 Å². The standard InChI is InChI=1S/C22H15FN6O3S2/c23-15-4-2-14(3-5-15)18-12-29-19(13-33-22(29)27-18)20(30)26-16-6-8-17(9-7-16)34(31,32)28-21-24-10-1-11-25-21/h1-13H,(H,26,30)(H,24,25,28). The summed E-state index contributed by atoms with van der Waals surface area (Å²) in [6.45, 7) is 0. The molecule has 9 nitrogen and oxygen atoms in total. The SMILES string of the molecule is O=C(Nc1ccc(S(=O)(=O)Nc2ncccn2)cc1)c1csc2nc(-c3ccc(F)cc3)cn12. The van der Waals surface area contributed by atoms with Crippen molar-refractivity contribution in [1.82, 2.24) is 19.4 Å². The summed E-state index contributed by atoms with van der Waals surface area (Å²) < 4.78 is 42.1. The topological polar surface area (TPSA) is 118 Å². The molecule has 0 radical (unpaired) electrons. The second-order valence-electron chi connectivity index (χ2n) is 7.06.